The number of aromatic nitrogens is 1. The molecule has 2 N–H and O–H groups in total. The molecule has 0 bridgehead atoms. The Labute approximate surface area is 198 Å². The lowest BCUT2D eigenvalue weighted by molar-refractivity contribution is -0.607. The third kappa shape index (κ3) is 4.68. The molecule has 6 nitrogen and oxygen atoms in total. The second-order valence-corrected chi connectivity index (χ2v) is 8.83. The van der Waals surface area contributed by atoms with Crippen molar-refractivity contribution in [3.63, 3.8) is 0 Å². The molecule has 4 rings (SSSR count). The number of para-hydroxylation sites is 2. The van der Waals surface area contributed by atoms with E-state index < -0.39 is 0 Å². The van der Waals surface area contributed by atoms with Crippen LogP contribution in [0.15, 0.2) is 57.1 Å². The molecule has 0 aliphatic carbocycles. The van der Waals surface area contributed by atoms with E-state index in [0.717, 1.165) is 15.6 Å². The third-order valence-electron chi connectivity index (χ3n) is 4.67. The largest absolute Gasteiger partial charge is 0.504 e. The number of fused-ring (bicyclic) bond motifs is 1. The Kier molecular flexibility index (Phi) is 7.19. The fourth-order valence-corrected chi connectivity index (χ4v) is 5.30. The molecule has 0 saturated heterocycles. The first-order valence-corrected chi connectivity index (χ1v) is 10.9. The number of phenols is 1. The Morgan fingerprint density at radius 3 is 2.74 bits per heavy atom. The van der Waals surface area contributed by atoms with E-state index in [1.807, 2.05) is 36.6 Å². The van der Waals surface area contributed by atoms with Gasteiger partial charge in [0.2, 0.25) is 11.6 Å². The maximum absolute atomic E-state index is 13.0. The highest BCUT2D eigenvalue weighted by atomic mass is 79.9. The fourth-order valence-electron chi connectivity index (χ4n) is 3.12. The van der Waals surface area contributed by atoms with Gasteiger partial charge < -0.3 is 15.2 Å². The fraction of sp³-hybridized carbons (Fsp3) is 0.136. The van der Waals surface area contributed by atoms with Crippen LogP contribution in [-0.2, 0) is 11.2 Å². The van der Waals surface area contributed by atoms with Gasteiger partial charge in [0.25, 0.3) is 0 Å². The topological polar surface area (TPSA) is 79.5 Å². The van der Waals surface area contributed by atoms with Crippen molar-refractivity contribution in [2.75, 3.05) is 12.4 Å². The number of benzene rings is 2. The molecule has 0 atom stereocenters. The molecule has 0 spiro atoms. The van der Waals surface area contributed by atoms with E-state index >= 15 is 0 Å². The number of anilines is 1. The van der Waals surface area contributed by atoms with Crippen LogP contribution in [0.5, 0.6) is 11.5 Å². The maximum Gasteiger partial charge on any atom is 0.433 e. The Bertz CT molecular complexity index is 1190. The zero-order valence-electron chi connectivity index (χ0n) is 16.7. The van der Waals surface area contributed by atoms with E-state index in [-0.39, 0.29) is 41.0 Å². The van der Waals surface area contributed by atoms with Crippen molar-refractivity contribution in [1.29, 1.82) is 0 Å². The summed E-state index contributed by atoms with van der Waals surface area (Å²) in [4.78, 5) is 26.0. The van der Waals surface area contributed by atoms with Crippen molar-refractivity contribution in [2.24, 2.45) is 0 Å². The predicted molar refractivity (Wildman–Crippen MR) is 127 cm³/mol. The van der Waals surface area contributed by atoms with Gasteiger partial charge in [-0.3, -0.25) is 4.79 Å². The number of aromatic hydroxyl groups is 1. The number of phenolic OH excluding ortho intramolecular Hbond substituents is 1. The van der Waals surface area contributed by atoms with Gasteiger partial charge in [-0.2, -0.15) is 0 Å². The van der Waals surface area contributed by atoms with Gasteiger partial charge in [-0.1, -0.05) is 41.7 Å². The minimum Gasteiger partial charge on any atom is -0.504 e. The molecule has 1 aliphatic rings. The van der Waals surface area contributed by atoms with Gasteiger partial charge in [0, 0.05) is 23.0 Å². The number of thioether (sulfide) groups is 1. The van der Waals surface area contributed by atoms with Crippen LogP contribution in [0.4, 0.5) is 5.69 Å². The second-order valence-electron chi connectivity index (χ2n) is 6.68. The number of halogens is 1. The number of nitrogens with one attached hydrogen (secondary N) is 1. The van der Waals surface area contributed by atoms with Gasteiger partial charge in [-0.05, 0) is 30.7 Å². The quantitative estimate of drug-likeness (QED) is 0.380. The van der Waals surface area contributed by atoms with Crippen LogP contribution in [0.25, 0.3) is 6.08 Å². The summed E-state index contributed by atoms with van der Waals surface area (Å²) in [6, 6.07) is 12.7. The van der Waals surface area contributed by atoms with Crippen LogP contribution >= 0.6 is 40.1 Å². The van der Waals surface area contributed by atoms with Crippen LogP contribution < -0.4 is 14.6 Å². The highest BCUT2D eigenvalue weighted by Gasteiger charge is 2.41. The molecule has 2 heterocycles. The second kappa shape index (κ2) is 9.67. The van der Waals surface area contributed by atoms with Crippen LogP contribution in [-0.4, -0.2) is 24.0 Å². The first-order valence-electron chi connectivity index (χ1n) is 9.16. The first kappa shape index (κ1) is 23.1. The molecule has 9 heteroatoms. The van der Waals surface area contributed by atoms with Crippen molar-refractivity contribution in [3.8, 4) is 11.5 Å². The smallest absolute Gasteiger partial charge is 0.433 e. The number of carbonyl (C=O) groups excluding carboxylic acids is 2. The van der Waals surface area contributed by atoms with Gasteiger partial charge in [-0.25, -0.2) is 4.79 Å². The minimum absolute atomic E-state index is 0. The van der Waals surface area contributed by atoms with Crippen LogP contribution in [0.3, 0.4) is 0 Å². The predicted octanol–water partition coefficient (Wildman–Crippen LogP) is 4.60. The third-order valence-corrected chi connectivity index (χ3v) is 6.86. The van der Waals surface area contributed by atoms with Crippen molar-refractivity contribution in [2.45, 2.75) is 17.7 Å². The lowest BCUT2D eigenvalue weighted by Gasteiger charge is -2.06. The number of allylic oxidation sites excluding steroid dienone is 1. The molecule has 0 saturated carbocycles. The van der Waals surface area contributed by atoms with Crippen molar-refractivity contribution < 1.29 is 24.0 Å². The number of hydrogen-bond donors (Lipinski definition) is 2. The maximum atomic E-state index is 13.0. The summed E-state index contributed by atoms with van der Waals surface area (Å²) in [5.74, 6) is -0.0648. The van der Waals surface area contributed by atoms with Gasteiger partial charge in [0.1, 0.15) is 11.3 Å². The molecule has 160 valence electrons. The summed E-state index contributed by atoms with van der Waals surface area (Å²) in [5.41, 5.74) is 2.87. The van der Waals surface area contributed by atoms with Crippen molar-refractivity contribution in [1.82, 2.24) is 0 Å². The summed E-state index contributed by atoms with van der Waals surface area (Å²) in [6.07, 6.45) is 1.73. The molecule has 3 aromatic rings. The summed E-state index contributed by atoms with van der Waals surface area (Å²) in [6.45, 7) is 1.93. The Morgan fingerprint density at radius 1 is 1.23 bits per heavy atom. The summed E-state index contributed by atoms with van der Waals surface area (Å²) < 4.78 is 7.48. The van der Waals surface area contributed by atoms with E-state index in [2.05, 4.69) is 5.32 Å². The zero-order valence-corrected chi connectivity index (χ0v) is 20.1. The standard InChI is InChI=1S/C22H18N2O4S2.BrH/c1-13-6-3-4-8-16(13)23-19(25)11-15-12-29-22-24(15)21(27)18(30-22)10-14-7-5-9-17(28-2)20(14)26;/h3-10,12H,11H2,1-2H3,(H-,23,25,26,27);1H/p+1. The number of rotatable bonds is 5. The van der Waals surface area contributed by atoms with Gasteiger partial charge in [0.15, 0.2) is 11.5 Å². The van der Waals surface area contributed by atoms with E-state index in [1.165, 1.54) is 30.2 Å². The molecule has 31 heavy (non-hydrogen) atoms. The summed E-state index contributed by atoms with van der Waals surface area (Å²) in [5, 5.41) is 15.0. The van der Waals surface area contributed by atoms with E-state index in [0.29, 0.717) is 21.9 Å². The number of carbonyl (C=O) groups is 2. The molecule has 0 unspecified atom stereocenters. The van der Waals surface area contributed by atoms with E-state index in [9.17, 15) is 14.7 Å². The van der Waals surface area contributed by atoms with Crippen LogP contribution in [0.2, 0.25) is 0 Å². The van der Waals surface area contributed by atoms with Gasteiger partial charge >= 0.3 is 10.2 Å². The van der Waals surface area contributed by atoms with E-state index in [1.54, 1.807) is 28.8 Å². The molecule has 2 aromatic carbocycles. The number of methoxy groups -OCH3 is 1. The zero-order chi connectivity index (χ0) is 21.3. The molecule has 1 amide bonds. The number of nitrogens with zero attached hydrogens (tertiary/aromatic N) is 1. The first-order chi connectivity index (χ1) is 14.5. The number of thiazole rings is 1. The lowest BCUT2D eigenvalue weighted by Crippen LogP contribution is -2.43. The monoisotopic (exact) mass is 519 g/mol. The number of aryl methyl sites for hydroxylation is 1. The van der Waals surface area contributed by atoms with Crippen molar-refractivity contribution >= 4 is 63.7 Å². The van der Waals surface area contributed by atoms with Crippen LogP contribution in [0, 0.1) is 6.92 Å². The highest BCUT2D eigenvalue weighted by molar-refractivity contribution is 8.93. The SMILES string of the molecule is Br.COc1cccc(/C=C2/Sc3scc(CC(=O)Nc4ccccc4C)[n+]3C2=O)c1O. The normalized spacial score (nSPS) is 13.6. The van der Waals surface area contributed by atoms with Gasteiger partial charge in [-0.15, -0.1) is 21.5 Å². The minimum atomic E-state index is -0.211. The number of amides is 1. The average molecular weight is 520 g/mol. The Morgan fingerprint density at radius 2 is 2.00 bits per heavy atom. The molecular formula is C22H20BrN2O4S2+. The molecule has 1 aromatic heterocycles. The van der Waals surface area contributed by atoms with Crippen molar-refractivity contribution in [3.05, 3.63) is 69.6 Å². The average Bonchev–Trinajstić information content (AvgIpc) is 3.25. The molecule has 0 radical (unpaired) electrons. The van der Waals surface area contributed by atoms with Gasteiger partial charge in [0.05, 0.1) is 12.5 Å². The number of ether oxygens (including phenoxy) is 1. The molecule has 1 aliphatic heterocycles. The lowest BCUT2D eigenvalue weighted by atomic mass is 10.1. The van der Waals surface area contributed by atoms with Crippen LogP contribution in [0.1, 0.15) is 21.6 Å². The Balaban J connectivity index is 0.00000272. The molecule has 0 fully saturated rings. The number of hydrogen-bond acceptors (Lipinski definition) is 6. The molecular weight excluding hydrogens is 500 g/mol. The summed E-state index contributed by atoms with van der Waals surface area (Å²) in [7, 11) is 1.48. The van der Waals surface area contributed by atoms with E-state index in [4.69, 9.17) is 4.74 Å². The Hall–Kier alpha value is -2.62. The summed E-state index contributed by atoms with van der Waals surface area (Å²) >= 11 is 2.74. The highest BCUT2D eigenvalue weighted by Crippen LogP contribution is 2.38.